The maximum Gasteiger partial charge on any atom is 0.387 e. The van der Waals surface area contributed by atoms with Gasteiger partial charge in [-0.1, -0.05) is 36.4 Å². The molecule has 1 unspecified atom stereocenters. The number of aliphatic hydroxyl groups excluding tert-OH is 1. The molecule has 0 aliphatic carbocycles. The third-order valence-electron chi connectivity index (χ3n) is 4.55. The summed E-state index contributed by atoms with van der Waals surface area (Å²) in [6, 6.07) is 14.7. The van der Waals surface area contributed by atoms with E-state index < -0.39 is 12.2 Å². The lowest BCUT2D eigenvalue weighted by atomic mass is 9.82. The van der Waals surface area contributed by atoms with Crippen LogP contribution in [0.4, 0.5) is 8.78 Å². The van der Waals surface area contributed by atoms with Gasteiger partial charge in [0.25, 0.3) is 0 Å². The molecular weight excluding hydrogens is 340 g/mol. The van der Waals surface area contributed by atoms with Crippen LogP contribution in [0.15, 0.2) is 53.5 Å². The fourth-order valence-electron chi connectivity index (χ4n) is 3.30. The zero-order chi connectivity index (χ0) is 18.7. The lowest BCUT2D eigenvalue weighted by molar-refractivity contribution is -0.0505. The third-order valence-corrected chi connectivity index (χ3v) is 4.55. The third kappa shape index (κ3) is 3.35. The first-order valence-corrected chi connectivity index (χ1v) is 8.27. The maximum absolute atomic E-state index is 12.7. The molecule has 2 aromatic carbocycles. The van der Waals surface area contributed by atoms with E-state index in [0.29, 0.717) is 18.1 Å². The second kappa shape index (κ2) is 7.29. The molecule has 3 N–H and O–H groups in total. The second-order valence-electron chi connectivity index (χ2n) is 6.23. The predicted octanol–water partition coefficient (Wildman–Crippen LogP) is 2.33. The molecule has 1 aliphatic rings. The molecule has 0 saturated carbocycles. The molecule has 0 radical (unpaired) electrons. The van der Waals surface area contributed by atoms with Crippen molar-refractivity contribution in [3.8, 4) is 5.75 Å². The van der Waals surface area contributed by atoms with Gasteiger partial charge in [-0.2, -0.15) is 8.78 Å². The molecule has 1 atom stereocenters. The molecule has 1 aliphatic heterocycles. The summed E-state index contributed by atoms with van der Waals surface area (Å²) in [7, 11) is 1.85. The summed E-state index contributed by atoms with van der Waals surface area (Å²) in [6.07, 6.45) is 0.204. The van der Waals surface area contributed by atoms with Crippen LogP contribution in [-0.2, 0) is 12.0 Å². The van der Waals surface area contributed by atoms with Gasteiger partial charge in [-0.25, -0.2) is 4.99 Å². The number of benzene rings is 2. The van der Waals surface area contributed by atoms with Crippen LogP contribution < -0.4 is 10.5 Å². The summed E-state index contributed by atoms with van der Waals surface area (Å²) in [5, 5.41) is 9.30. The van der Waals surface area contributed by atoms with Crippen LogP contribution in [0.2, 0.25) is 0 Å². The molecule has 0 bridgehead atoms. The summed E-state index contributed by atoms with van der Waals surface area (Å²) < 4.78 is 29.9. The first kappa shape index (κ1) is 18.1. The molecular formula is C19H21F2N3O2. The fourth-order valence-corrected chi connectivity index (χ4v) is 3.30. The highest BCUT2D eigenvalue weighted by Crippen LogP contribution is 2.39. The fraction of sp³-hybridized carbons (Fsp3) is 0.316. The maximum atomic E-state index is 12.7. The SMILES string of the molecule is CN1CC(c2ccccc2)(c2ccc(OC(F)F)c(CCO)c2)N=C1N. The Bertz CT molecular complexity index is 799. The summed E-state index contributed by atoms with van der Waals surface area (Å²) in [5.74, 6) is 0.467. The molecule has 7 heteroatoms. The number of aliphatic hydroxyl groups is 1. The number of rotatable bonds is 6. The van der Waals surface area contributed by atoms with Gasteiger partial charge in [-0.05, 0) is 35.2 Å². The Morgan fingerprint density at radius 3 is 2.54 bits per heavy atom. The Kier molecular flexibility index (Phi) is 5.08. The van der Waals surface area contributed by atoms with Crippen molar-refractivity contribution in [3.63, 3.8) is 0 Å². The second-order valence-corrected chi connectivity index (χ2v) is 6.23. The van der Waals surface area contributed by atoms with Gasteiger partial charge >= 0.3 is 6.61 Å². The summed E-state index contributed by atoms with van der Waals surface area (Å²) in [4.78, 5) is 6.55. The van der Waals surface area contributed by atoms with Crippen molar-refractivity contribution in [1.29, 1.82) is 0 Å². The number of likely N-dealkylation sites (N-methyl/N-ethyl adjacent to an activating group) is 1. The minimum absolute atomic E-state index is 0.0596. The van der Waals surface area contributed by atoms with Gasteiger partial charge in [0.1, 0.15) is 11.3 Å². The van der Waals surface area contributed by atoms with Gasteiger partial charge in [0.2, 0.25) is 0 Å². The highest BCUT2D eigenvalue weighted by Gasteiger charge is 2.41. The van der Waals surface area contributed by atoms with E-state index in [1.165, 1.54) is 6.07 Å². The standard InChI is InChI=1S/C19H21F2N3O2/c1-24-12-19(23-18(24)22,14-5-3-2-4-6-14)15-7-8-16(26-17(20)21)13(11-15)9-10-25/h2-8,11,17,25H,9-10,12H2,1H3,(H2,22,23). The van der Waals surface area contributed by atoms with Gasteiger partial charge in [0.15, 0.2) is 5.96 Å². The lowest BCUT2D eigenvalue weighted by Crippen LogP contribution is -2.34. The van der Waals surface area contributed by atoms with Gasteiger partial charge < -0.3 is 20.5 Å². The van der Waals surface area contributed by atoms with Crippen LogP contribution in [-0.4, -0.2) is 42.8 Å². The van der Waals surface area contributed by atoms with Crippen molar-refractivity contribution >= 4 is 5.96 Å². The molecule has 5 nitrogen and oxygen atoms in total. The van der Waals surface area contributed by atoms with Crippen molar-refractivity contribution in [2.24, 2.45) is 10.7 Å². The molecule has 0 amide bonds. The number of nitrogens with zero attached hydrogens (tertiary/aromatic N) is 2. The first-order valence-electron chi connectivity index (χ1n) is 8.27. The van der Waals surface area contributed by atoms with Crippen LogP contribution in [0.5, 0.6) is 5.75 Å². The molecule has 0 aromatic heterocycles. The van der Waals surface area contributed by atoms with Crippen LogP contribution in [0.1, 0.15) is 16.7 Å². The summed E-state index contributed by atoms with van der Waals surface area (Å²) in [5.41, 5.74) is 7.55. The van der Waals surface area contributed by atoms with E-state index >= 15 is 0 Å². The molecule has 26 heavy (non-hydrogen) atoms. The van der Waals surface area contributed by atoms with E-state index in [1.54, 1.807) is 12.1 Å². The van der Waals surface area contributed by atoms with E-state index in [2.05, 4.69) is 4.74 Å². The Morgan fingerprint density at radius 2 is 1.96 bits per heavy atom. The van der Waals surface area contributed by atoms with Crippen molar-refractivity contribution in [1.82, 2.24) is 4.90 Å². The van der Waals surface area contributed by atoms with Crippen molar-refractivity contribution in [2.45, 2.75) is 18.6 Å². The minimum atomic E-state index is -2.92. The summed E-state index contributed by atoms with van der Waals surface area (Å²) >= 11 is 0. The van der Waals surface area contributed by atoms with Gasteiger partial charge in [0, 0.05) is 13.7 Å². The molecule has 1 heterocycles. The van der Waals surface area contributed by atoms with Crippen LogP contribution in [0, 0.1) is 0 Å². The number of hydrogen-bond donors (Lipinski definition) is 2. The largest absolute Gasteiger partial charge is 0.435 e. The van der Waals surface area contributed by atoms with Gasteiger partial charge in [-0.15, -0.1) is 0 Å². The average molecular weight is 361 g/mol. The van der Waals surface area contributed by atoms with E-state index in [0.717, 1.165) is 11.1 Å². The number of alkyl halides is 2. The van der Waals surface area contributed by atoms with Crippen LogP contribution >= 0.6 is 0 Å². The van der Waals surface area contributed by atoms with Crippen molar-refractivity contribution in [2.75, 3.05) is 20.2 Å². The number of guanidine groups is 1. The van der Waals surface area contributed by atoms with E-state index in [1.807, 2.05) is 42.3 Å². The number of nitrogens with two attached hydrogens (primary N) is 1. The Labute approximate surface area is 150 Å². The molecule has 0 saturated heterocycles. The topological polar surface area (TPSA) is 71.1 Å². The average Bonchev–Trinajstić information content (AvgIpc) is 2.93. The Hall–Kier alpha value is -2.67. The van der Waals surface area contributed by atoms with Crippen molar-refractivity contribution < 1.29 is 18.6 Å². The highest BCUT2D eigenvalue weighted by atomic mass is 19.3. The zero-order valence-electron chi connectivity index (χ0n) is 14.4. The molecule has 0 spiro atoms. The Balaban J connectivity index is 2.12. The molecule has 138 valence electrons. The minimum Gasteiger partial charge on any atom is -0.435 e. The normalized spacial score (nSPS) is 19.7. The predicted molar refractivity (Wildman–Crippen MR) is 95.3 cm³/mol. The first-order chi connectivity index (χ1) is 12.5. The van der Waals surface area contributed by atoms with Gasteiger partial charge in [-0.3, -0.25) is 0 Å². The van der Waals surface area contributed by atoms with Crippen molar-refractivity contribution in [3.05, 3.63) is 65.2 Å². The number of aliphatic imine (C=N–C) groups is 1. The summed E-state index contributed by atoms with van der Waals surface area (Å²) in [6.45, 7) is -2.57. The molecule has 3 rings (SSSR count). The number of halogens is 2. The zero-order valence-corrected chi connectivity index (χ0v) is 14.4. The van der Waals surface area contributed by atoms with E-state index in [4.69, 9.17) is 10.7 Å². The quantitative estimate of drug-likeness (QED) is 0.828. The monoisotopic (exact) mass is 361 g/mol. The van der Waals surface area contributed by atoms with Gasteiger partial charge in [0.05, 0.1) is 6.54 Å². The van der Waals surface area contributed by atoms with Crippen LogP contribution in [0.3, 0.4) is 0 Å². The van der Waals surface area contributed by atoms with Crippen LogP contribution in [0.25, 0.3) is 0 Å². The number of hydrogen-bond acceptors (Lipinski definition) is 5. The Morgan fingerprint density at radius 1 is 1.23 bits per heavy atom. The number of ether oxygens (including phenoxy) is 1. The molecule has 0 fully saturated rings. The van der Waals surface area contributed by atoms with E-state index in [-0.39, 0.29) is 18.8 Å². The lowest BCUT2D eigenvalue weighted by Gasteiger charge is -2.29. The van der Waals surface area contributed by atoms with E-state index in [9.17, 15) is 13.9 Å². The molecule has 2 aromatic rings. The highest BCUT2D eigenvalue weighted by molar-refractivity contribution is 5.81. The smallest absolute Gasteiger partial charge is 0.387 e.